The molecule has 5 heteroatoms. The number of amides is 2. The van der Waals surface area contributed by atoms with E-state index in [0.29, 0.717) is 25.9 Å². The standard InChI is InChI=1S/C19H25N3O2/c1-3-15-6-4-5-7-16(15)21-17(23)8-9-18(24)22-12-10-19(2,14-20)11-13-22/h4-7H,3,8-13H2,1-2H3,(H,21,23). The Balaban J connectivity index is 1.80. The molecule has 5 nitrogen and oxygen atoms in total. The summed E-state index contributed by atoms with van der Waals surface area (Å²) in [5.41, 5.74) is 1.59. The zero-order valence-electron chi connectivity index (χ0n) is 14.5. The first kappa shape index (κ1) is 18.0. The third-order valence-corrected chi connectivity index (χ3v) is 4.73. The maximum atomic E-state index is 12.2. The Kier molecular flexibility index (Phi) is 5.97. The Labute approximate surface area is 143 Å². The van der Waals surface area contributed by atoms with Crippen LogP contribution in [0, 0.1) is 16.7 Å². The van der Waals surface area contributed by atoms with Gasteiger partial charge in [0.15, 0.2) is 0 Å². The van der Waals surface area contributed by atoms with Crippen molar-refractivity contribution in [3.8, 4) is 6.07 Å². The van der Waals surface area contributed by atoms with E-state index in [1.165, 1.54) is 0 Å². The number of aryl methyl sites for hydroxylation is 1. The number of para-hydroxylation sites is 1. The number of nitriles is 1. The first-order chi connectivity index (χ1) is 11.5. The summed E-state index contributed by atoms with van der Waals surface area (Å²) in [5.74, 6) is -0.142. The average Bonchev–Trinajstić information content (AvgIpc) is 2.61. The van der Waals surface area contributed by atoms with Crippen LogP contribution in [0.2, 0.25) is 0 Å². The first-order valence-electron chi connectivity index (χ1n) is 8.54. The van der Waals surface area contributed by atoms with Gasteiger partial charge in [-0.1, -0.05) is 25.1 Å². The van der Waals surface area contributed by atoms with Gasteiger partial charge in [-0.25, -0.2) is 0 Å². The third-order valence-electron chi connectivity index (χ3n) is 4.73. The van der Waals surface area contributed by atoms with Crippen molar-refractivity contribution in [1.29, 1.82) is 5.26 Å². The number of nitrogens with one attached hydrogen (secondary N) is 1. The molecule has 1 aromatic carbocycles. The molecule has 1 aliphatic heterocycles. The molecule has 0 atom stereocenters. The Morgan fingerprint density at radius 1 is 1.25 bits per heavy atom. The molecule has 1 fully saturated rings. The van der Waals surface area contributed by atoms with Gasteiger partial charge in [-0.05, 0) is 37.8 Å². The molecule has 1 aliphatic rings. The Bertz CT molecular complexity index is 640. The monoisotopic (exact) mass is 327 g/mol. The molecule has 0 aromatic heterocycles. The van der Waals surface area contributed by atoms with Gasteiger partial charge in [0.2, 0.25) is 11.8 Å². The summed E-state index contributed by atoms with van der Waals surface area (Å²) in [6, 6.07) is 10.0. The zero-order valence-corrected chi connectivity index (χ0v) is 14.5. The second kappa shape index (κ2) is 7.96. The number of carbonyl (C=O) groups is 2. The van der Waals surface area contributed by atoms with Crippen molar-refractivity contribution >= 4 is 17.5 Å². The van der Waals surface area contributed by atoms with Crippen LogP contribution in [-0.4, -0.2) is 29.8 Å². The highest BCUT2D eigenvalue weighted by Gasteiger charge is 2.31. The minimum absolute atomic E-state index is 0.00563. The van der Waals surface area contributed by atoms with Crippen LogP contribution < -0.4 is 5.32 Å². The molecule has 1 heterocycles. The number of likely N-dealkylation sites (tertiary alicyclic amines) is 1. The van der Waals surface area contributed by atoms with Gasteiger partial charge in [-0.2, -0.15) is 5.26 Å². The number of rotatable bonds is 5. The molecule has 1 saturated heterocycles. The largest absolute Gasteiger partial charge is 0.343 e. The van der Waals surface area contributed by atoms with E-state index < -0.39 is 0 Å². The fourth-order valence-electron chi connectivity index (χ4n) is 2.90. The second-order valence-electron chi connectivity index (χ2n) is 6.61. The molecular formula is C19H25N3O2. The quantitative estimate of drug-likeness (QED) is 0.903. The number of benzene rings is 1. The molecule has 0 saturated carbocycles. The smallest absolute Gasteiger partial charge is 0.224 e. The summed E-state index contributed by atoms with van der Waals surface area (Å²) in [7, 11) is 0. The summed E-state index contributed by atoms with van der Waals surface area (Å²) in [6.07, 6.45) is 2.64. The van der Waals surface area contributed by atoms with E-state index in [1.54, 1.807) is 4.90 Å². The zero-order chi connectivity index (χ0) is 17.6. The Morgan fingerprint density at radius 2 is 1.92 bits per heavy atom. The van der Waals surface area contributed by atoms with Crippen LogP contribution in [0.5, 0.6) is 0 Å². The molecule has 2 rings (SSSR count). The molecule has 1 aromatic rings. The van der Waals surface area contributed by atoms with E-state index in [0.717, 1.165) is 17.7 Å². The summed E-state index contributed by atoms with van der Waals surface area (Å²) in [5, 5.41) is 12.0. The van der Waals surface area contributed by atoms with Crippen LogP contribution in [0.1, 0.15) is 45.1 Å². The van der Waals surface area contributed by atoms with Crippen LogP contribution in [0.3, 0.4) is 0 Å². The lowest BCUT2D eigenvalue weighted by atomic mass is 9.82. The van der Waals surface area contributed by atoms with E-state index in [1.807, 2.05) is 38.1 Å². The average molecular weight is 327 g/mol. The van der Waals surface area contributed by atoms with E-state index in [9.17, 15) is 9.59 Å². The predicted octanol–water partition coefficient (Wildman–Crippen LogP) is 3.12. The summed E-state index contributed by atoms with van der Waals surface area (Å²) >= 11 is 0. The van der Waals surface area contributed by atoms with Crippen molar-refractivity contribution in [2.75, 3.05) is 18.4 Å². The SMILES string of the molecule is CCc1ccccc1NC(=O)CCC(=O)N1CCC(C)(C#N)CC1. The lowest BCUT2D eigenvalue weighted by Crippen LogP contribution is -2.41. The number of hydrogen-bond acceptors (Lipinski definition) is 3. The van der Waals surface area contributed by atoms with Crippen LogP contribution in [0.25, 0.3) is 0 Å². The van der Waals surface area contributed by atoms with Crippen LogP contribution in [-0.2, 0) is 16.0 Å². The third kappa shape index (κ3) is 4.58. The predicted molar refractivity (Wildman–Crippen MR) is 93.2 cm³/mol. The molecule has 128 valence electrons. The van der Waals surface area contributed by atoms with E-state index in [-0.39, 0.29) is 30.1 Å². The molecule has 0 bridgehead atoms. The maximum absolute atomic E-state index is 12.2. The number of hydrogen-bond donors (Lipinski definition) is 1. The van der Waals surface area contributed by atoms with Gasteiger partial charge in [-0.15, -0.1) is 0 Å². The van der Waals surface area contributed by atoms with Crippen molar-refractivity contribution < 1.29 is 9.59 Å². The van der Waals surface area contributed by atoms with E-state index in [2.05, 4.69) is 11.4 Å². The van der Waals surface area contributed by atoms with Crippen molar-refractivity contribution in [3.63, 3.8) is 0 Å². The summed E-state index contributed by atoms with van der Waals surface area (Å²) < 4.78 is 0. The fourth-order valence-corrected chi connectivity index (χ4v) is 2.90. The fraction of sp³-hybridized carbons (Fsp3) is 0.526. The van der Waals surface area contributed by atoms with Gasteiger partial charge < -0.3 is 10.2 Å². The lowest BCUT2D eigenvalue weighted by molar-refractivity contribution is -0.134. The number of anilines is 1. The van der Waals surface area contributed by atoms with Gasteiger partial charge in [0.05, 0.1) is 11.5 Å². The Morgan fingerprint density at radius 3 is 2.54 bits per heavy atom. The molecule has 0 radical (unpaired) electrons. The van der Waals surface area contributed by atoms with Crippen LogP contribution in [0.15, 0.2) is 24.3 Å². The normalized spacial score (nSPS) is 16.3. The minimum Gasteiger partial charge on any atom is -0.343 e. The minimum atomic E-state index is -0.321. The van der Waals surface area contributed by atoms with Crippen molar-refractivity contribution in [2.24, 2.45) is 5.41 Å². The van der Waals surface area contributed by atoms with Crippen LogP contribution in [0.4, 0.5) is 5.69 Å². The highest BCUT2D eigenvalue weighted by molar-refractivity contribution is 5.93. The van der Waals surface area contributed by atoms with Gasteiger partial charge >= 0.3 is 0 Å². The molecule has 0 spiro atoms. The van der Waals surface area contributed by atoms with E-state index in [4.69, 9.17) is 5.26 Å². The number of nitrogens with zero attached hydrogens (tertiary/aromatic N) is 2. The van der Waals surface area contributed by atoms with E-state index >= 15 is 0 Å². The summed E-state index contributed by atoms with van der Waals surface area (Å²) in [6.45, 7) is 5.18. The molecular weight excluding hydrogens is 302 g/mol. The first-order valence-corrected chi connectivity index (χ1v) is 8.54. The number of piperidine rings is 1. The Hall–Kier alpha value is -2.35. The molecule has 0 aliphatic carbocycles. The summed E-state index contributed by atoms with van der Waals surface area (Å²) in [4.78, 5) is 26.1. The van der Waals surface area contributed by atoms with Crippen molar-refractivity contribution in [2.45, 2.75) is 46.0 Å². The molecule has 1 N–H and O–H groups in total. The molecule has 24 heavy (non-hydrogen) atoms. The van der Waals surface area contributed by atoms with Gasteiger partial charge in [0.25, 0.3) is 0 Å². The van der Waals surface area contributed by atoms with Gasteiger partial charge in [-0.3, -0.25) is 9.59 Å². The maximum Gasteiger partial charge on any atom is 0.224 e. The van der Waals surface area contributed by atoms with Crippen molar-refractivity contribution in [3.05, 3.63) is 29.8 Å². The van der Waals surface area contributed by atoms with Gasteiger partial charge in [0, 0.05) is 31.6 Å². The second-order valence-corrected chi connectivity index (χ2v) is 6.61. The molecule has 0 unspecified atom stereocenters. The molecule has 2 amide bonds. The number of carbonyl (C=O) groups excluding carboxylic acids is 2. The van der Waals surface area contributed by atoms with Crippen molar-refractivity contribution in [1.82, 2.24) is 4.90 Å². The topological polar surface area (TPSA) is 73.2 Å². The van der Waals surface area contributed by atoms with Crippen LogP contribution >= 0.6 is 0 Å². The van der Waals surface area contributed by atoms with Gasteiger partial charge in [0.1, 0.15) is 0 Å². The highest BCUT2D eigenvalue weighted by Crippen LogP contribution is 2.30. The highest BCUT2D eigenvalue weighted by atomic mass is 16.2. The lowest BCUT2D eigenvalue weighted by Gasteiger charge is -2.35.